The van der Waals surface area contributed by atoms with Gasteiger partial charge < -0.3 is 9.84 Å². The Labute approximate surface area is 123 Å². The molecule has 0 amide bonds. The number of carboxylic acids is 1. The fourth-order valence-corrected chi connectivity index (χ4v) is 2.29. The van der Waals surface area contributed by atoms with Crippen molar-refractivity contribution < 1.29 is 27.8 Å². The third-order valence-electron chi connectivity index (χ3n) is 2.94. The molecular formula is C14H10ClF3O3. The molecule has 7 heteroatoms. The van der Waals surface area contributed by atoms with Crippen LogP contribution in [-0.4, -0.2) is 23.4 Å². The first-order valence-electron chi connectivity index (χ1n) is 5.79. The maximum absolute atomic E-state index is 12.9. The van der Waals surface area contributed by atoms with Crippen molar-refractivity contribution in [1.29, 1.82) is 0 Å². The summed E-state index contributed by atoms with van der Waals surface area (Å²) in [6.45, 7) is 5.32. The van der Waals surface area contributed by atoms with Gasteiger partial charge in [-0.25, -0.2) is 4.79 Å². The molecule has 1 aliphatic rings. The lowest BCUT2D eigenvalue weighted by molar-refractivity contribution is -0.187. The quantitative estimate of drug-likeness (QED) is 0.890. The number of rotatable bonds is 2. The second kappa shape index (κ2) is 5.11. The molecule has 1 atom stereocenters. The van der Waals surface area contributed by atoms with E-state index < -0.39 is 23.8 Å². The molecule has 0 radical (unpaired) electrons. The van der Waals surface area contributed by atoms with Crippen LogP contribution in [0.1, 0.15) is 18.1 Å². The van der Waals surface area contributed by atoms with Gasteiger partial charge in [-0.05, 0) is 36.3 Å². The van der Waals surface area contributed by atoms with Gasteiger partial charge in [0, 0.05) is 10.6 Å². The van der Waals surface area contributed by atoms with Crippen LogP contribution in [0.4, 0.5) is 13.2 Å². The van der Waals surface area contributed by atoms with Gasteiger partial charge in [0.2, 0.25) is 6.10 Å². The summed E-state index contributed by atoms with van der Waals surface area (Å²) >= 11 is 5.99. The zero-order valence-corrected chi connectivity index (χ0v) is 11.5. The van der Waals surface area contributed by atoms with Gasteiger partial charge in [-0.15, -0.1) is 0 Å². The van der Waals surface area contributed by atoms with Crippen LogP contribution in [0.3, 0.4) is 0 Å². The Bertz CT molecular complexity index is 662. The second-order valence-electron chi connectivity index (χ2n) is 4.59. The van der Waals surface area contributed by atoms with Crippen LogP contribution in [-0.2, 0) is 4.79 Å². The van der Waals surface area contributed by atoms with E-state index in [1.54, 1.807) is 6.92 Å². The normalized spacial score (nSPS) is 17.6. The van der Waals surface area contributed by atoms with Crippen LogP contribution in [0.15, 0.2) is 24.3 Å². The molecule has 0 aromatic heterocycles. The smallest absolute Gasteiger partial charge is 0.430 e. The van der Waals surface area contributed by atoms with Crippen molar-refractivity contribution in [1.82, 2.24) is 0 Å². The molecule has 0 bridgehead atoms. The van der Waals surface area contributed by atoms with Crippen molar-refractivity contribution in [3.63, 3.8) is 0 Å². The van der Waals surface area contributed by atoms with Gasteiger partial charge in [0.25, 0.3) is 0 Å². The summed E-state index contributed by atoms with van der Waals surface area (Å²) in [4.78, 5) is 11.0. The molecule has 0 aliphatic carbocycles. The maximum Gasteiger partial charge on any atom is 0.430 e. The van der Waals surface area contributed by atoms with Gasteiger partial charge in [-0.2, -0.15) is 13.2 Å². The highest BCUT2D eigenvalue weighted by Gasteiger charge is 2.48. The molecule has 0 fully saturated rings. The van der Waals surface area contributed by atoms with E-state index in [9.17, 15) is 18.0 Å². The molecule has 21 heavy (non-hydrogen) atoms. The summed E-state index contributed by atoms with van der Waals surface area (Å²) in [5.74, 6) is -1.77. The largest absolute Gasteiger partial charge is 0.478 e. The van der Waals surface area contributed by atoms with Crippen LogP contribution >= 0.6 is 11.6 Å². The van der Waals surface area contributed by atoms with Crippen molar-refractivity contribution in [2.24, 2.45) is 0 Å². The minimum absolute atomic E-state index is 0.0790. The third kappa shape index (κ3) is 2.90. The Morgan fingerprint density at radius 2 is 2.05 bits per heavy atom. The Morgan fingerprint density at radius 1 is 1.43 bits per heavy atom. The minimum atomic E-state index is -4.83. The standard InChI is InChI=1S/C14H10ClF3O3/c1-6(2)8-5-11-7(4-10(8)15)3-9(13(19)20)12(21-11)14(16,17)18/h3-5,12H,1H2,2H3,(H,19,20)/t12-/m0/s1. The fraction of sp³-hybridized carbons (Fsp3) is 0.214. The molecule has 1 aromatic rings. The van der Waals surface area contributed by atoms with Gasteiger partial charge in [0.15, 0.2) is 0 Å². The summed E-state index contributed by atoms with van der Waals surface area (Å²) in [6.07, 6.45) is -6.42. The van der Waals surface area contributed by atoms with Crippen LogP contribution in [0.2, 0.25) is 5.02 Å². The van der Waals surface area contributed by atoms with Crippen molar-refractivity contribution in [3.05, 3.63) is 40.4 Å². The van der Waals surface area contributed by atoms with E-state index in [2.05, 4.69) is 6.58 Å². The van der Waals surface area contributed by atoms with E-state index in [0.717, 1.165) is 6.08 Å². The lowest BCUT2D eigenvalue weighted by Crippen LogP contribution is -2.40. The Hall–Kier alpha value is -1.95. The van der Waals surface area contributed by atoms with E-state index in [0.29, 0.717) is 11.1 Å². The summed E-state index contributed by atoms with van der Waals surface area (Å²) in [6, 6.07) is 2.68. The van der Waals surface area contributed by atoms with Crippen LogP contribution in [0.5, 0.6) is 5.75 Å². The molecule has 0 saturated carbocycles. The number of aliphatic carboxylic acids is 1. The summed E-state index contributed by atoms with van der Waals surface area (Å²) < 4.78 is 43.6. The lowest BCUT2D eigenvalue weighted by atomic mass is 9.98. The fourth-order valence-electron chi connectivity index (χ4n) is 1.96. The van der Waals surface area contributed by atoms with Gasteiger partial charge in [-0.1, -0.05) is 18.2 Å². The highest BCUT2D eigenvalue weighted by Crippen LogP contribution is 2.40. The first-order valence-corrected chi connectivity index (χ1v) is 6.16. The van der Waals surface area contributed by atoms with Crippen LogP contribution in [0, 0.1) is 0 Å². The van der Waals surface area contributed by atoms with E-state index in [1.165, 1.54) is 12.1 Å². The molecule has 0 saturated heterocycles. The predicted molar refractivity (Wildman–Crippen MR) is 72.2 cm³/mol. The Kier molecular flexibility index (Phi) is 3.76. The SMILES string of the molecule is C=C(C)c1cc2c(cc1Cl)C=C(C(=O)O)[C@@H](C(F)(F)F)O2. The molecule has 2 rings (SSSR count). The molecular weight excluding hydrogens is 309 g/mol. The number of benzene rings is 1. The van der Waals surface area contributed by atoms with Gasteiger partial charge in [-0.3, -0.25) is 0 Å². The number of alkyl halides is 3. The lowest BCUT2D eigenvalue weighted by Gasteiger charge is -2.27. The molecule has 112 valence electrons. The molecule has 1 aromatic carbocycles. The van der Waals surface area contributed by atoms with Gasteiger partial charge in [0.1, 0.15) is 5.75 Å². The monoisotopic (exact) mass is 318 g/mol. The number of allylic oxidation sites excluding steroid dienone is 1. The third-order valence-corrected chi connectivity index (χ3v) is 3.25. The maximum atomic E-state index is 12.9. The molecule has 0 spiro atoms. The summed E-state index contributed by atoms with van der Waals surface area (Å²) in [5.41, 5.74) is 0.309. The molecule has 3 nitrogen and oxygen atoms in total. The van der Waals surface area contributed by atoms with E-state index >= 15 is 0 Å². The Morgan fingerprint density at radius 3 is 2.52 bits per heavy atom. The van der Waals surface area contributed by atoms with E-state index in [-0.39, 0.29) is 16.3 Å². The number of hydrogen-bond donors (Lipinski definition) is 1. The van der Waals surface area contributed by atoms with Crippen LogP contribution < -0.4 is 4.74 Å². The van der Waals surface area contributed by atoms with Crippen LogP contribution in [0.25, 0.3) is 11.6 Å². The van der Waals surface area contributed by atoms with E-state index in [4.69, 9.17) is 21.4 Å². The van der Waals surface area contributed by atoms with Crippen molar-refractivity contribution >= 4 is 29.2 Å². The first kappa shape index (κ1) is 15.4. The second-order valence-corrected chi connectivity index (χ2v) is 5.00. The molecule has 1 aliphatic heterocycles. The molecule has 1 N–H and O–H groups in total. The average Bonchev–Trinajstić information content (AvgIpc) is 2.34. The first-order chi connectivity index (χ1) is 9.61. The Balaban J connectivity index is 2.61. The number of carbonyl (C=O) groups is 1. The number of carboxylic acid groups (broad SMARTS) is 1. The number of hydrogen-bond acceptors (Lipinski definition) is 2. The number of halogens is 4. The minimum Gasteiger partial charge on any atom is -0.478 e. The zero-order valence-electron chi connectivity index (χ0n) is 10.8. The highest BCUT2D eigenvalue weighted by atomic mass is 35.5. The molecule has 1 heterocycles. The summed E-state index contributed by atoms with van der Waals surface area (Å²) in [5, 5.41) is 9.17. The average molecular weight is 319 g/mol. The van der Waals surface area contributed by atoms with Crippen molar-refractivity contribution in [3.8, 4) is 5.75 Å². The van der Waals surface area contributed by atoms with Gasteiger partial charge >= 0.3 is 12.1 Å². The molecule has 0 unspecified atom stereocenters. The highest BCUT2D eigenvalue weighted by molar-refractivity contribution is 6.32. The van der Waals surface area contributed by atoms with Crippen molar-refractivity contribution in [2.45, 2.75) is 19.2 Å². The predicted octanol–water partition coefficient (Wildman–Crippen LogP) is 4.16. The number of fused-ring (bicyclic) bond motifs is 1. The van der Waals surface area contributed by atoms with E-state index in [1.807, 2.05) is 0 Å². The summed E-state index contributed by atoms with van der Waals surface area (Å²) in [7, 11) is 0. The van der Waals surface area contributed by atoms with Gasteiger partial charge in [0.05, 0.1) is 5.57 Å². The number of ether oxygens (including phenoxy) is 1. The topological polar surface area (TPSA) is 46.5 Å². The zero-order chi connectivity index (χ0) is 15.9. The van der Waals surface area contributed by atoms with Crippen molar-refractivity contribution in [2.75, 3.05) is 0 Å².